The molecule has 1 aliphatic rings. The van der Waals surface area contributed by atoms with Crippen LogP contribution in [-0.4, -0.2) is 23.2 Å². The van der Waals surface area contributed by atoms with Gasteiger partial charge in [-0.1, -0.05) is 23.4 Å². The van der Waals surface area contributed by atoms with E-state index in [0.717, 1.165) is 29.7 Å². The summed E-state index contributed by atoms with van der Waals surface area (Å²) < 4.78 is 10.7. The Kier molecular flexibility index (Phi) is 4.16. The number of methoxy groups -OCH3 is 1. The number of benzene rings is 1. The van der Waals surface area contributed by atoms with Crippen molar-refractivity contribution < 1.29 is 14.1 Å². The Hall–Kier alpha value is -3.15. The highest BCUT2D eigenvalue weighted by atomic mass is 16.5. The summed E-state index contributed by atoms with van der Waals surface area (Å²) in [7, 11) is 1.62. The Balaban J connectivity index is 1.50. The van der Waals surface area contributed by atoms with Gasteiger partial charge in [-0.2, -0.15) is 0 Å². The molecule has 26 heavy (non-hydrogen) atoms. The molecule has 0 aliphatic heterocycles. The Labute approximate surface area is 151 Å². The highest BCUT2D eigenvalue weighted by Crippen LogP contribution is 2.48. The first-order chi connectivity index (χ1) is 12.7. The van der Waals surface area contributed by atoms with Crippen LogP contribution in [0, 0.1) is 0 Å². The number of hydrogen-bond acceptors (Lipinski definition) is 5. The number of nitrogens with one attached hydrogen (secondary N) is 1. The lowest BCUT2D eigenvalue weighted by Gasteiger charge is -2.12. The summed E-state index contributed by atoms with van der Waals surface area (Å²) in [6.45, 7) is 0.453. The van der Waals surface area contributed by atoms with Gasteiger partial charge in [0.05, 0.1) is 18.2 Å². The number of ether oxygens (including phenoxy) is 1. The Bertz CT molecular complexity index is 917. The maximum Gasteiger partial charge on any atom is 0.232 e. The molecule has 132 valence electrons. The summed E-state index contributed by atoms with van der Waals surface area (Å²) in [5.74, 6) is 1.35. The van der Waals surface area contributed by atoms with Gasteiger partial charge in [-0.3, -0.25) is 9.78 Å². The summed E-state index contributed by atoms with van der Waals surface area (Å²) in [5, 5.41) is 7.16. The van der Waals surface area contributed by atoms with Crippen molar-refractivity contribution in [3.05, 3.63) is 66.1 Å². The van der Waals surface area contributed by atoms with Crippen LogP contribution in [0.2, 0.25) is 0 Å². The summed E-state index contributed by atoms with van der Waals surface area (Å²) in [6, 6.07) is 13.2. The molecular formula is C20H19N3O3. The predicted molar refractivity (Wildman–Crippen MR) is 95.5 cm³/mol. The monoisotopic (exact) mass is 349 g/mol. The highest BCUT2D eigenvalue weighted by Gasteiger charge is 2.53. The van der Waals surface area contributed by atoms with Crippen LogP contribution >= 0.6 is 0 Å². The van der Waals surface area contributed by atoms with Crippen LogP contribution < -0.4 is 10.1 Å². The first kappa shape index (κ1) is 16.3. The lowest BCUT2D eigenvalue weighted by molar-refractivity contribution is -0.123. The molecule has 0 unspecified atom stereocenters. The van der Waals surface area contributed by atoms with E-state index in [1.807, 2.05) is 42.5 Å². The van der Waals surface area contributed by atoms with Gasteiger partial charge in [0.15, 0.2) is 5.76 Å². The molecule has 6 heteroatoms. The number of carbonyl (C=O) groups is 1. The van der Waals surface area contributed by atoms with Gasteiger partial charge < -0.3 is 14.6 Å². The van der Waals surface area contributed by atoms with E-state index in [9.17, 15) is 4.79 Å². The molecule has 0 bridgehead atoms. The quantitative estimate of drug-likeness (QED) is 0.740. The fourth-order valence-corrected chi connectivity index (χ4v) is 2.99. The van der Waals surface area contributed by atoms with E-state index in [4.69, 9.17) is 9.26 Å². The third kappa shape index (κ3) is 3.06. The number of amides is 1. The summed E-state index contributed by atoms with van der Waals surface area (Å²) in [5.41, 5.74) is 1.94. The molecule has 1 aromatic carbocycles. The smallest absolute Gasteiger partial charge is 0.232 e. The molecule has 1 N–H and O–H groups in total. The van der Waals surface area contributed by atoms with E-state index < -0.39 is 5.41 Å². The van der Waals surface area contributed by atoms with Crippen molar-refractivity contribution in [2.24, 2.45) is 0 Å². The van der Waals surface area contributed by atoms with Crippen molar-refractivity contribution in [2.75, 3.05) is 7.11 Å². The fraction of sp³-hybridized carbons (Fsp3) is 0.250. The molecule has 1 aliphatic carbocycles. The summed E-state index contributed by atoms with van der Waals surface area (Å²) in [6.07, 6.45) is 5.01. The van der Waals surface area contributed by atoms with Crippen LogP contribution in [-0.2, 0) is 16.8 Å². The number of aromatic nitrogens is 2. The van der Waals surface area contributed by atoms with E-state index in [-0.39, 0.29) is 5.91 Å². The maximum absolute atomic E-state index is 12.7. The lowest BCUT2D eigenvalue weighted by atomic mass is 10.00. The van der Waals surface area contributed by atoms with Gasteiger partial charge in [-0.15, -0.1) is 0 Å². The standard InChI is InChI=1S/C20H19N3O3/c1-25-16-6-2-5-15(10-16)17-11-18(23-26-17)20(7-8-20)19(24)22-13-14-4-3-9-21-12-14/h2-6,9-12H,7-8,13H2,1H3,(H,22,24). The second-order valence-electron chi connectivity index (χ2n) is 6.43. The van der Waals surface area contributed by atoms with E-state index in [1.54, 1.807) is 19.5 Å². The zero-order valence-electron chi connectivity index (χ0n) is 14.4. The van der Waals surface area contributed by atoms with Crippen LogP contribution in [0.4, 0.5) is 0 Å². The summed E-state index contributed by atoms with van der Waals surface area (Å²) >= 11 is 0. The van der Waals surface area contributed by atoms with E-state index in [0.29, 0.717) is 18.0 Å². The zero-order chi connectivity index (χ0) is 18.0. The second-order valence-corrected chi connectivity index (χ2v) is 6.43. The molecule has 3 aromatic rings. The molecule has 2 heterocycles. The molecule has 0 spiro atoms. The van der Waals surface area contributed by atoms with Gasteiger partial charge >= 0.3 is 0 Å². The molecule has 0 radical (unpaired) electrons. The van der Waals surface area contributed by atoms with Crippen LogP contribution in [0.1, 0.15) is 24.1 Å². The van der Waals surface area contributed by atoms with E-state index in [2.05, 4.69) is 15.5 Å². The van der Waals surface area contributed by atoms with E-state index >= 15 is 0 Å². The molecule has 6 nitrogen and oxygen atoms in total. The zero-order valence-corrected chi connectivity index (χ0v) is 14.4. The lowest BCUT2D eigenvalue weighted by Crippen LogP contribution is -2.34. The van der Waals surface area contributed by atoms with Gasteiger partial charge in [0.2, 0.25) is 5.91 Å². The number of nitrogens with zero attached hydrogens (tertiary/aromatic N) is 2. The molecule has 1 fully saturated rings. The number of pyridine rings is 1. The third-order valence-corrected chi connectivity index (χ3v) is 4.72. The van der Waals surface area contributed by atoms with Crippen LogP contribution in [0.3, 0.4) is 0 Å². The first-order valence-corrected chi connectivity index (χ1v) is 8.50. The third-order valence-electron chi connectivity index (χ3n) is 4.72. The van der Waals surface area contributed by atoms with E-state index in [1.165, 1.54) is 0 Å². The van der Waals surface area contributed by atoms with Crippen LogP contribution in [0.5, 0.6) is 5.75 Å². The van der Waals surface area contributed by atoms with Crippen LogP contribution in [0.15, 0.2) is 59.4 Å². The van der Waals surface area contributed by atoms with Crippen molar-refractivity contribution in [3.8, 4) is 17.1 Å². The predicted octanol–water partition coefficient (Wildman–Crippen LogP) is 3.09. The SMILES string of the molecule is COc1cccc(-c2cc(C3(C(=O)NCc4cccnc4)CC3)no2)c1. The number of rotatable bonds is 6. The normalized spacial score (nSPS) is 14.7. The minimum atomic E-state index is -0.581. The molecular weight excluding hydrogens is 330 g/mol. The average Bonchev–Trinajstić information content (AvgIpc) is 3.36. The van der Waals surface area contributed by atoms with Crippen molar-refractivity contribution in [1.82, 2.24) is 15.5 Å². The molecule has 4 rings (SSSR count). The Morgan fingerprint density at radius 2 is 2.15 bits per heavy atom. The molecule has 0 atom stereocenters. The van der Waals surface area contributed by atoms with Crippen molar-refractivity contribution in [2.45, 2.75) is 24.8 Å². The highest BCUT2D eigenvalue weighted by molar-refractivity contribution is 5.91. The first-order valence-electron chi connectivity index (χ1n) is 8.50. The fourth-order valence-electron chi connectivity index (χ4n) is 2.99. The van der Waals surface area contributed by atoms with Crippen molar-refractivity contribution >= 4 is 5.91 Å². The van der Waals surface area contributed by atoms with Crippen LogP contribution in [0.25, 0.3) is 11.3 Å². The van der Waals surface area contributed by atoms with Gasteiger partial charge in [-0.25, -0.2) is 0 Å². The minimum absolute atomic E-state index is 0.0214. The largest absolute Gasteiger partial charge is 0.497 e. The van der Waals surface area contributed by atoms with Crippen molar-refractivity contribution in [3.63, 3.8) is 0 Å². The molecule has 0 saturated heterocycles. The Morgan fingerprint density at radius 3 is 2.88 bits per heavy atom. The van der Waals surface area contributed by atoms with Gasteiger partial charge in [0, 0.05) is 30.6 Å². The molecule has 1 amide bonds. The van der Waals surface area contributed by atoms with Gasteiger partial charge in [0.25, 0.3) is 0 Å². The summed E-state index contributed by atoms with van der Waals surface area (Å²) in [4.78, 5) is 16.8. The van der Waals surface area contributed by atoms with Gasteiger partial charge in [-0.05, 0) is 36.6 Å². The van der Waals surface area contributed by atoms with Crippen molar-refractivity contribution in [1.29, 1.82) is 0 Å². The topological polar surface area (TPSA) is 77.2 Å². The van der Waals surface area contributed by atoms with Gasteiger partial charge in [0.1, 0.15) is 5.75 Å². The maximum atomic E-state index is 12.7. The number of carbonyl (C=O) groups excluding carboxylic acids is 1. The average molecular weight is 349 g/mol. The number of hydrogen-bond donors (Lipinski definition) is 1. The molecule has 1 saturated carbocycles. The minimum Gasteiger partial charge on any atom is -0.497 e. The molecule has 2 aromatic heterocycles. The Morgan fingerprint density at radius 1 is 1.27 bits per heavy atom. The second kappa shape index (κ2) is 6.63.